The third-order valence-electron chi connectivity index (χ3n) is 7.24. The molecule has 0 bridgehead atoms. The topological polar surface area (TPSA) is 102 Å². The Hall–Kier alpha value is -5.14. The van der Waals surface area contributed by atoms with E-state index in [1.807, 2.05) is 72.8 Å². The Morgan fingerprint density at radius 1 is 0.683 bits per heavy atom. The van der Waals surface area contributed by atoms with Gasteiger partial charge < -0.3 is 15.4 Å². The molecule has 1 aromatic heterocycles. The van der Waals surface area contributed by atoms with Crippen LogP contribution in [0.3, 0.4) is 0 Å². The Morgan fingerprint density at radius 2 is 1.22 bits per heavy atom. The van der Waals surface area contributed by atoms with Crippen molar-refractivity contribution in [2.24, 2.45) is 0 Å². The molecular formula is C34H26N2O4S. The van der Waals surface area contributed by atoms with Crippen LogP contribution < -0.4 is 5.73 Å². The lowest BCUT2D eigenvalue weighted by molar-refractivity contribution is 0.0687. The number of fused-ring (bicyclic) bond motifs is 1. The number of hydrogen-bond donors (Lipinski definition) is 2. The summed E-state index contributed by atoms with van der Waals surface area (Å²) in [6.07, 6.45) is 0. The van der Waals surface area contributed by atoms with Crippen molar-refractivity contribution in [2.75, 3.05) is 5.73 Å². The van der Waals surface area contributed by atoms with Crippen molar-refractivity contribution >= 4 is 32.4 Å². The Morgan fingerprint density at radius 3 is 1.80 bits per heavy atom. The van der Waals surface area contributed by atoms with Crippen molar-refractivity contribution in [1.82, 2.24) is 4.57 Å². The first-order valence-electron chi connectivity index (χ1n) is 13.0. The van der Waals surface area contributed by atoms with Gasteiger partial charge in [0.15, 0.2) is 0 Å². The summed E-state index contributed by atoms with van der Waals surface area (Å²) < 4.78 is 28.9. The largest absolute Gasteiger partial charge is 0.477 e. The number of rotatable bonds is 7. The average molecular weight is 559 g/mol. The summed E-state index contributed by atoms with van der Waals surface area (Å²) in [4.78, 5) is 12.9. The number of carbonyl (C=O) groups is 1. The first-order valence-corrected chi connectivity index (χ1v) is 14.5. The molecule has 0 saturated carbocycles. The van der Waals surface area contributed by atoms with Gasteiger partial charge >= 0.3 is 5.97 Å². The number of anilines is 1. The lowest BCUT2D eigenvalue weighted by Gasteiger charge is -2.12. The van der Waals surface area contributed by atoms with E-state index in [1.165, 1.54) is 18.2 Å². The number of benzene rings is 5. The van der Waals surface area contributed by atoms with E-state index in [4.69, 9.17) is 5.73 Å². The number of nitrogens with two attached hydrogens (primary N) is 1. The molecule has 0 spiro atoms. The summed E-state index contributed by atoms with van der Waals surface area (Å²) in [6, 6.07) is 38.2. The summed E-state index contributed by atoms with van der Waals surface area (Å²) in [5.74, 6) is -1.13. The molecule has 0 radical (unpaired) electrons. The average Bonchev–Trinajstić information content (AvgIpc) is 3.34. The van der Waals surface area contributed by atoms with E-state index in [1.54, 1.807) is 41.0 Å². The number of sulfone groups is 1. The number of aromatic nitrogens is 1. The molecule has 0 aliphatic carbocycles. The van der Waals surface area contributed by atoms with Crippen LogP contribution in [-0.4, -0.2) is 24.1 Å². The van der Waals surface area contributed by atoms with E-state index in [-0.39, 0.29) is 27.7 Å². The van der Waals surface area contributed by atoms with E-state index in [9.17, 15) is 18.3 Å². The van der Waals surface area contributed by atoms with Crippen molar-refractivity contribution in [1.29, 1.82) is 0 Å². The molecule has 0 aliphatic rings. The minimum atomic E-state index is -3.96. The fraction of sp³-hybridized carbons (Fsp3) is 0.0294. The molecule has 6 nitrogen and oxygen atoms in total. The molecule has 7 heteroatoms. The highest BCUT2D eigenvalue weighted by Gasteiger charge is 2.29. The van der Waals surface area contributed by atoms with Crippen LogP contribution in [0.25, 0.3) is 33.2 Å². The maximum absolute atomic E-state index is 13.6. The normalized spacial score (nSPS) is 11.5. The van der Waals surface area contributed by atoms with Crippen LogP contribution in [0.2, 0.25) is 0 Å². The van der Waals surface area contributed by atoms with Gasteiger partial charge in [-0.3, -0.25) is 0 Å². The molecule has 6 rings (SSSR count). The van der Waals surface area contributed by atoms with E-state index < -0.39 is 15.8 Å². The Bertz CT molecular complexity index is 1980. The minimum absolute atomic E-state index is 0.0193. The van der Waals surface area contributed by atoms with Crippen LogP contribution in [-0.2, 0) is 16.4 Å². The smallest absolute Gasteiger partial charge is 0.353 e. The maximum Gasteiger partial charge on any atom is 0.353 e. The predicted octanol–water partition coefficient (Wildman–Crippen LogP) is 7.14. The summed E-state index contributed by atoms with van der Waals surface area (Å²) in [6.45, 7) is 0.254. The summed E-state index contributed by atoms with van der Waals surface area (Å²) >= 11 is 0. The SMILES string of the molecule is Nc1c(S(=O)(=O)c2ccccc2)ccc2c1c(-c1ccccc1)c(C(=O)O)n2Cc1ccc(-c2ccccc2)cc1. The van der Waals surface area contributed by atoms with Gasteiger partial charge in [0.2, 0.25) is 9.84 Å². The zero-order valence-corrected chi connectivity index (χ0v) is 22.8. The van der Waals surface area contributed by atoms with Gasteiger partial charge in [0, 0.05) is 17.5 Å². The minimum Gasteiger partial charge on any atom is -0.477 e. The summed E-state index contributed by atoms with van der Waals surface area (Å²) in [5, 5.41) is 10.9. The second-order valence-electron chi connectivity index (χ2n) is 9.73. The van der Waals surface area contributed by atoms with E-state index >= 15 is 0 Å². The molecule has 202 valence electrons. The number of nitrogens with zero attached hydrogens (tertiary/aromatic N) is 1. The molecule has 0 fully saturated rings. The fourth-order valence-electron chi connectivity index (χ4n) is 5.30. The Labute approximate surface area is 237 Å². The molecule has 3 N–H and O–H groups in total. The van der Waals surface area contributed by atoms with Gasteiger partial charge in [-0.15, -0.1) is 0 Å². The van der Waals surface area contributed by atoms with Gasteiger partial charge in [-0.05, 0) is 46.5 Å². The maximum atomic E-state index is 13.6. The van der Waals surface area contributed by atoms with E-state index in [0.717, 1.165) is 16.7 Å². The molecule has 0 unspecified atom stereocenters. The van der Waals surface area contributed by atoms with Crippen molar-refractivity contribution in [3.05, 3.63) is 139 Å². The second-order valence-corrected chi connectivity index (χ2v) is 11.6. The number of carboxylic acid groups (broad SMARTS) is 1. The van der Waals surface area contributed by atoms with Gasteiger partial charge in [-0.2, -0.15) is 0 Å². The van der Waals surface area contributed by atoms with Crippen LogP contribution in [0.4, 0.5) is 5.69 Å². The van der Waals surface area contributed by atoms with E-state index in [2.05, 4.69) is 0 Å². The number of aromatic carboxylic acids is 1. The van der Waals surface area contributed by atoms with Crippen molar-refractivity contribution in [2.45, 2.75) is 16.3 Å². The van der Waals surface area contributed by atoms with Gasteiger partial charge in [-0.25, -0.2) is 13.2 Å². The fourth-order valence-corrected chi connectivity index (χ4v) is 6.71. The molecule has 5 aromatic carbocycles. The zero-order valence-electron chi connectivity index (χ0n) is 21.9. The van der Waals surface area contributed by atoms with Crippen LogP contribution in [0.5, 0.6) is 0 Å². The third-order valence-corrected chi connectivity index (χ3v) is 9.07. The van der Waals surface area contributed by atoms with Gasteiger partial charge in [0.1, 0.15) is 5.69 Å². The standard InChI is InChI=1S/C34H26N2O4S/c35-32-29(41(39,40)27-14-8-3-9-15-27)21-20-28-31(32)30(26-12-6-2-7-13-26)33(34(37)38)36(28)22-23-16-18-25(19-17-23)24-10-4-1-5-11-24/h1-21H,22,35H2,(H,37,38). The number of nitrogen functional groups attached to an aromatic ring is 1. The third kappa shape index (κ3) is 4.66. The molecular weight excluding hydrogens is 532 g/mol. The van der Waals surface area contributed by atoms with Gasteiger partial charge in [0.25, 0.3) is 0 Å². The van der Waals surface area contributed by atoms with Crippen molar-refractivity contribution in [3.63, 3.8) is 0 Å². The lowest BCUT2D eigenvalue weighted by atomic mass is 10.0. The summed E-state index contributed by atoms with van der Waals surface area (Å²) in [7, 11) is -3.96. The molecule has 6 aromatic rings. The molecule has 0 atom stereocenters. The molecule has 0 aliphatic heterocycles. The van der Waals surface area contributed by atoms with Crippen LogP contribution in [0.15, 0.2) is 137 Å². The van der Waals surface area contributed by atoms with Crippen LogP contribution in [0, 0.1) is 0 Å². The highest BCUT2D eigenvalue weighted by molar-refractivity contribution is 7.91. The Balaban J connectivity index is 1.57. The van der Waals surface area contributed by atoms with Gasteiger partial charge in [-0.1, -0.05) is 103 Å². The monoisotopic (exact) mass is 558 g/mol. The highest BCUT2D eigenvalue weighted by Crippen LogP contribution is 2.42. The van der Waals surface area contributed by atoms with Crippen molar-refractivity contribution in [3.8, 4) is 22.3 Å². The Kier molecular flexibility index (Phi) is 6.65. The van der Waals surface area contributed by atoms with Crippen LogP contribution >= 0.6 is 0 Å². The van der Waals surface area contributed by atoms with Crippen molar-refractivity contribution < 1.29 is 18.3 Å². The zero-order chi connectivity index (χ0) is 28.6. The van der Waals surface area contributed by atoms with E-state index in [0.29, 0.717) is 22.0 Å². The van der Waals surface area contributed by atoms with Gasteiger partial charge in [0.05, 0.1) is 21.0 Å². The number of carboxylic acids is 1. The first-order chi connectivity index (χ1) is 19.9. The molecule has 0 amide bonds. The highest BCUT2D eigenvalue weighted by atomic mass is 32.2. The summed E-state index contributed by atoms with van der Waals surface area (Å²) in [5.41, 5.74) is 11.3. The lowest BCUT2D eigenvalue weighted by Crippen LogP contribution is -2.10. The number of hydrogen-bond acceptors (Lipinski definition) is 4. The predicted molar refractivity (Wildman–Crippen MR) is 162 cm³/mol. The molecule has 0 saturated heterocycles. The second kappa shape index (κ2) is 10.4. The first kappa shape index (κ1) is 26.1. The van der Waals surface area contributed by atoms with Crippen LogP contribution in [0.1, 0.15) is 16.1 Å². The molecule has 1 heterocycles. The molecule has 41 heavy (non-hydrogen) atoms. The quantitative estimate of drug-likeness (QED) is 0.203.